The predicted octanol–water partition coefficient (Wildman–Crippen LogP) is 6.87. The molecule has 0 aromatic heterocycles. The zero-order valence-electron chi connectivity index (χ0n) is 18.5. The van der Waals surface area contributed by atoms with Crippen molar-refractivity contribution in [3.63, 3.8) is 0 Å². The van der Waals surface area contributed by atoms with Crippen LogP contribution in [0, 0.1) is 5.92 Å². The number of carbonyl (C=O) groups is 1. The van der Waals surface area contributed by atoms with E-state index in [0.29, 0.717) is 0 Å². The van der Waals surface area contributed by atoms with Crippen molar-refractivity contribution in [1.82, 2.24) is 0 Å². The minimum absolute atomic E-state index is 0.109. The first kappa shape index (κ1) is 30.3. The Labute approximate surface area is 178 Å². The van der Waals surface area contributed by atoms with Gasteiger partial charge in [0, 0.05) is 0 Å². The second-order valence-corrected chi connectivity index (χ2v) is 8.54. The predicted molar refractivity (Wildman–Crippen MR) is 120 cm³/mol. The van der Waals surface area contributed by atoms with Gasteiger partial charge in [0.05, 0.1) is 5.92 Å². The number of carboxylic acids is 1. The van der Waals surface area contributed by atoms with Gasteiger partial charge in [-0.05, 0) is 38.5 Å². The Morgan fingerprint density at radius 3 is 1.55 bits per heavy atom. The van der Waals surface area contributed by atoms with Crippen LogP contribution in [0.5, 0.6) is 0 Å². The van der Waals surface area contributed by atoms with Gasteiger partial charge in [-0.15, -0.1) is 0 Å². The van der Waals surface area contributed by atoms with Gasteiger partial charge in [-0.25, -0.2) is 0 Å². The molecule has 0 spiro atoms. The van der Waals surface area contributed by atoms with Crippen LogP contribution < -0.4 is 0 Å². The van der Waals surface area contributed by atoms with Gasteiger partial charge in [-0.1, -0.05) is 90.2 Å². The molecule has 0 saturated carbocycles. The van der Waals surface area contributed by atoms with Crippen molar-refractivity contribution in [3.05, 3.63) is 12.2 Å². The van der Waals surface area contributed by atoms with Crippen molar-refractivity contribution in [3.8, 4) is 0 Å². The average Bonchev–Trinajstić information content (AvgIpc) is 2.62. The lowest BCUT2D eigenvalue weighted by Crippen LogP contribution is -2.13. The molecule has 0 fully saturated rings. The molecule has 0 saturated heterocycles. The Balaban J connectivity index is 0. The summed E-state index contributed by atoms with van der Waals surface area (Å²) in [6, 6.07) is 0. The number of aliphatic carboxylic acids is 1. The monoisotopic (exact) mass is 436 g/mol. The van der Waals surface area contributed by atoms with E-state index in [4.69, 9.17) is 17.5 Å². The summed E-state index contributed by atoms with van der Waals surface area (Å²) in [6.45, 7) is 4.39. The summed E-state index contributed by atoms with van der Waals surface area (Å²) >= 11 is 0. The molecule has 1 unspecified atom stereocenters. The van der Waals surface area contributed by atoms with Gasteiger partial charge in [0.15, 0.2) is 0 Å². The molecule has 0 aromatic rings. The molecule has 3 N–H and O–H groups in total. The SMILES string of the molecule is CCCCCCCC/C=C\CCCCCCC(CCCC)C(=O)O.O=S(=O)(O)O. The second kappa shape index (κ2) is 21.8. The summed E-state index contributed by atoms with van der Waals surface area (Å²) in [7, 11) is -4.67. The standard InChI is InChI=1S/C22H42O2.H2O4S/c1-3-5-7-8-9-10-11-12-13-14-15-16-17-18-20-21(22(23)24)19-6-4-2;1-5(2,3)4/h12-13,21H,3-11,14-20H2,1-2H3,(H,23,24);(H2,1,2,3,4)/b13-12-;. The first-order valence-corrected chi connectivity index (χ1v) is 12.7. The van der Waals surface area contributed by atoms with Crippen molar-refractivity contribution >= 4 is 16.4 Å². The van der Waals surface area contributed by atoms with Gasteiger partial charge in [0.2, 0.25) is 0 Å². The number of unbranched alkanes of at least 4 members (excludes halogenated alkanes) is 11. The highest BCUT2D eigenvalue weighted by Crippen LogP contribution is 2.18. The molecule has 0 heterocycles. The molecular weight excluding hydrogens is 392 g/mol. The molecule has 7 heteroatoms. The van der Waals surface area contributed by atoms with Crippen LogP contribution in [-0.2, 0) is 15.2 Å². The zero-order chi connectivity index (χ0) is 22.4. The van der Waals surface area contributed by atoms with E-state index in [1.165, 1.54) is 70.6 Å². The van der Waals surface area contributed by atoms with E-state index in [-0.39, 0.29) is 5.92 Å². The molecule has 6 nitrogen and oxygen atoms in total. The van der Waals surface area contributed by atoms with Gasteiger partial charge in [-0.2, -0.15) is 8.42 Å². The summed E-state index contributed by atoms with van der Waals surface area (Å²) in [4.78, 5) is 11.2. The van der Waals surface area contributed by atoms with E-state index in [9.17, 15) is 9.90 Å². The number of hydrogen-bond acceptors (Lipinski definition) is 3. The van der Waals surface area contributed by atoms with Gasteiger partial charge < -0.3 is 5.11 Å². The van der Waals surface area contributed by atoms with Crippen LogP contribution in [0.4, 0.5) is 0 Å². The third-order valence-corrected chi connectivity index (χ3v) is 4.82. The van der Waals surface area contributed by atoms with Crippen LogP contribution in [0.25, 0.3) is 0 Å². The van der Waals surface area contributed by atoms with Gasteiger partial charge >= 0.3 is 16.4 Å². The Kier molecular flexibility index (Phi) is 22.7. The summed E-state index contributed by atoms with van der Waals surface area (Å²) in [6.07, 6.45) is 24.0. The smallest absolute Gasteiger partial charge is 0.394 e. The van der Waals surface area contributed by atoms with E-state index < -0.39 is 16.4 Å². The Hall–Kier alpha value is -0.920. The number of rotatable bonds is 18. The van der Waals surface area contributed by atoms with Gasteiger partial charge in [0.25, 0.3) is 0 Å². The fourth-order valence-electron chi connectivity index (χ4n) is 3.13. The summed E-state index contributed by atoms with van der Waals surface area (Å²) in [5, 5.41) is 9.19. The number of carboxylic acid groups (broad SMARTS) is 1. The topological polar surface area (TPSA) is 112 Å². The van der Waals surface area contributed by atoms with Crippen LogP contribution in [0.15, 0.2) is 12.2 Å². The molecule has 0 amide bonds. The van der Waals surface area contributed by atoms with Crippen molar-refractivity contribution in [2.45, 2.75) is 117 Å². The lowest BCUT2D eigenvalue weighted by atomic mass is 9.95. The van der Waals surface area contributed by atoms with Crippen molar-refractivity contribution in [1.29, 1.82) is 0 Å². The Bertz CT molecular complexity index is 480. The fraction of sp³-hybridized carbons (Fsp3) is 0.864. The molecule has 29 heavy (non-hydrogen) atoms. The molecule has 0 aromatic carbocycles. The zero-order valence-corrected chi connectivity index (χ0v) is 19.3. The van der Waals surface area contributed by atoms with Gasteiger partial charge in [-0.3, -0.25) is 13.9 Å². The lowest BCUT2D eigenvalue weighted by Gasteiger charge is -2.11. The Morgan fingerprint density at radius 2 is 1.10 bits per heavy atom. The highest BCUT2D eigenvalue weighted by molar-refractivity contribution is 7.79. The third-order valence-electron chi connectivity index (χ3n) is 4.82. The normalized spacial score (nSPS) is 12.6. The van der Waals surface area contributed by atoms with E-state index in [1.807, 2.05) is 0 Å². The molecular formula is C22H44O6S. The highest BCUT2D eigenvalue weighted by atomic mass is 32.3. The summed E-state index contributed by atoms with van der Waals surface area (Å²) in [5.74, 6) is -0.705. The highest BCUT2D eigenvalue weighted by Gasteiger charge is 2.15. The molecule has 0 aliphatic heterocycles. The number of allylic oxidation sites excluding steroid dienone is 2. The van der Waals surface area contributed by atoms with Crippen LogP contribution in [0.1, 0.15) is 117 Å². The lowest BCUT2D eigenvalue weighted by molar-refractivity contribution is -0.142. The van der Waals surface area contributed by atoms with Crippen molar-refractivity contribution < 1.29 is 27.4 Å². The molecule has 0 aliphatic carbocycles. The minimum atomic E-state index is -4.67. The molecule has 0 radical (unpaired) electrons. The average molecular weight is 437 g/mol. The van der Waals surface area contributed by atoms with E-state index in [0.717, 1.165) is 32.1 Å². The molecule has 0 bridgehead atoms. The van der Waals surface area contributed by atoms with Gasteiger partial charge in [0.1, 0.15) is 0 Å². The van der Waals surface area contributed by atoms with E-state index in [1.54, 1.807) is 0 Å². The van der Waals surface area contributed by atoms with Crippen LogP contribution in [0.3, 0.4) is 0 Å². The third kappa shape index (κ3) is 32.0. The minimum Gasteiger partial charge on any atom is -0.481 e. The second-order valence-electron chi connectivity index (χ2n) is 7.64. The maximum Gasteiger partial charge on any atom is 0.394 e. The summed E-state index contributed by atoms with van der Waals surface area (Å²) < 4.78 is 31.6. The van der Waals surface area contributed by atoms with E-state index in [2.05, 4.69) is 26.0 Å². The first-order chi connectivity index (χ1) is 13.7. The first-order valence-electron chi connectivity index (χ1n) is 11.3. The van der Waals surface area contributed by atoms with E-state index >= 15 is 0 Å². The van der Waals surface area contributed by atoms with Crippen molar-refractivity contribution in [2.24, 2.45) is 5.92 Å². The molecule has 174 valence electrons. The van der Waals surface area contributed by atoms with Crippen LogP contribution in [-0.4, -0.2) is 28.6 Å². The van der Waals surface area contributed by atoms with Crippen LogP contribution in [0.2, 0.25) is 0 Å². The molecule has 0 aliphatic rings. The maximum atomic E-state index is 11.2. The largest absolute Gasteiger partial charge is 0.481 e. The van der Waals surface area contributed by atoms with Crippen LogP contribution >= 0.6 is 0 Å². The Morgan fingerprint density at radius 1 is 0.724 bits per heavy atom. The fourth-order valence-corrected chi connectivity index (χ4v) is 3.13. The summed E-state index contributed by atoms with van der Waals surface area (Å²) in [5.41, 5.74) is 0. The number of hydrogen-bond donors (Lipinski definition) is 3. The maximum absolute atomic E-state index is 11.2. The molecule has 1 atom stereocenters. The quantitative estimate of drug-likeness (QED) is 0.123. The molecule has 0 rings (SSSR count). The van der Waals surface area contributed by atoms with Crippen molar-refractivity contribution in [2.75, 3.05) is 0 Å².